The van der Waals surface area contributed by atoms with Crippen LogP contribution >= 0.6 is 0 Å². The molecule has 1 fully saturated rings. The van der Waals surface area contributed by atoms with E-state index >= 15 is 0 Å². The zero-order chi connectivity index (χ0) is 13.0. The van der Waals surface area contributed by atoms with E-state index in [1.165, 1.54) is 19.3 Å². The molecule has 0 radical (unpaired) electrons. The Morgan fingerprint density at radius 2 is 1.89 bits per heavy atom. The van der Waals surface area contributed by atoms with Crippen LogP contribution in [0.25, 0.3) is 0 Å². The van der Waals surface area contributed by atoms with E-state index in [0.717, 1.165) is 30.7 Å². The number of nitrogens with zero attached hydrogens (tertiary/aromatic N) is 2. The number of rotatable bonds is 4. The summed E-state index contributed by atoms with van der Waals surface area (Å²) in [6.07, 6.45) is 10.3. The minimum Gasteiger partial charge on any atom is -0.370 e. The van der Waals surface area contributed by atoms with Crippen LogP contribution in [0.1, 0.15) is 50.4 Å². The molecule has 1 aliphatic rings. The monoisotopic (exact) mass is 249 g/mol. The summed E-state index contributed by atoms with van der Waals surface area (Å²) >= 11 is 0. The molecule has 4 nitrogen and oxygen atoms in total. The predicted molar refractivity (Wildman–Crippen MR) is 71.2 cm³/mol. The third-order valence-corrected chi connectivity index (χ3v) is 3.72. The molecule has 1 aromatic rings. The quantitative estimate of drug-likeness (QED) is 0.888. The molecule has 1 atom stereocenters. The van der Waals surface area contributed by atoms with E-state index in [1.807, 2.05) is 19.3 Å². The number of hydrogen-bond donors (Lipinski definition) is 1. The lowest BCUT2D eigenvalue weighted by molar-refractivity contribution is -0.0515. The van der Waals surface area contributed by atoms with E-state index in [1.54, 1.807) is 7.11 Å². The lowest BCUT2D eigenvalue weighted by Gasteiger charge is -2.34. The van der Waals surface area contributed by atoms with Crippen LogP contribution in [0, 0.1) is 0 Å². The highest BCUT2D eigenvalue weighted by Crippen LogP contribution is 2.37. The fourth-order valence-electron chi connectivity index (χ4n) is 2.71. The molecule has 0 spiro atoms. The van der Waals surface area contributed by atoms with Gasteiger partial charge in [-0.1, -0.05) is 19.3 Å². The maximum Gasteiger partial charge on any atom is 0.160 e. The summed E-state index contributed by atoms with van der Waals surface area (Å²) in [5.74, 6) is 0.832. The molecule has 1 heterocycles. The van der Waals surface area contributed by atoms with Gasteiger partial charge in [-0.25, -0.2) is 9.97 Å². The van der Waals surface area contributed by atoms with E-state index in [0.29, 0.717) is 0 Å². The lowest BCUT2D eigenvalue weighted by Crippen LogP contribution is -2.33. The molecule has 18 heavy (non-hydrogen) atoms. The SMILES string of the molecule is COC1(c2ncc(CC(C)N)cn2)CCCCC1. The first-order chi connectivity index (χ1) is 8.66. The lowest BCUT2D eigenvalue weighted by atomic mass is 9.84. The Hall–Kier alpha value is -1.00. The summed E-state index contributed by atoms with van der Waals surface area (Å²) in [5.41, 5.74) is 6.61. The molecule has 1 unspecified atom stereocenters. The van der Waals surface area contributed by atoms with Crippen molar-refractivity contribution in [2.75, 3.05) is 7.11 Å². The van der Waals surface area contributed by atoms with E-state index in [2.05, 4.69) is 9.97 Å². The Bertz CT molecular complexity index is 369. The van der Waals surface area contributed by atoms with Crippen molar-refractivity contribution in [3.63, 3.8) is 0 Å². The van der Waals surface area contributed by atoms with Crippen LogP contribution in [0.4, 0.5) is 0 Å². The van der Waals surface area contributed by atoms with Crippen molar-refractivity contribution in [1.29, 1.82) is 0 Å². The molecule has 0 saturated heterocycles. The fourth-order valence-corrected chi connectivity index (χ4v) is 2.71. The largest absolute Gasteiger partial charge is 0.370 e. The predicted octanol–water partition coefficient (Wildman–Crippen LogP) is 2.17. The Kier molecular flexibility index (Phi) is 4.30. The maximum absolute atomic E-state index is 5.78. The van der Waals surface area contributed by atoms with Crippen LogP contribution in [0.2, 0.25) is 0 Å². The first-order valence-electron chi connectivity index (χ1n) is 6.78. The third-order valence-electron chi connectivity index (χ3n) is 3.72. The maximum atomic E-state index is 5.78. The fraction of sp³-hybridized carbons (Fsp3) is 0.714. The topological polar surface area (TPSA) is 61.0 Å². The van der Waals surface area contributed by atoms with Gasteiger partial charge in [0.2, 0.25) is 0 Å². The molecule has 1 aromatic heterocycles. The van der Waals surface area contributed by atoms with Crippen molar-refractivity contribution in [3.05, 3.63) is 23.8 Å². The summed E-state index contributed by atoms with van der Waals surface area (Å²) < 4.78 is 5.74. The van der Waals surface area contributed by atoms with Gasteiger partial charge in [0.15, 0.2) is 5.82 Å². The molecule has 2 N–H and O–H groups in total. The minimum absolute atomic E-state index is 0.144. The molecule has 2 rings (SSSR count). The standard InChI is InChI=1S/C14H23N3O/c1-11(15)8-12-9-16-13(17-10-12)14(18-2)6-4-3-5-7-14/h9-11H,3-8,15H2,1-2H3. The van der Waals surface area contributed by atoms with Gasteiger partial charge < -0.3 is 10.5 Å². The van der Waals surface area contributed by atoms with E-state index in [4.69, 9.17) is 10.5 Å². The second-order valence-electron chi connectivity index (χ2n) is 5.36. The average Bonchev–Trinajstić information content (AvgIpc) is 2.39. The Morgan fingerprint density at radius 3 is 2.39 bits per heavy atom. The summed E-state index contributed by atoms with van der Waals surface area (Å²) in [6, 6.07) is 0.144. The molecule has 4 heteroatoms. The molecule has 0 amide bonds. The number of ether oxygens (including phenoxy) is 1. The number of nitrogens with two attached hydrogens (primary N) is 1. The van der Waals surface area contributed by atoms with Gasteiger partial charge in [-0.05, 0) is 31.7 Å². The Labute approximate surface area is 109 Å². The minimum atomic E-state index is -0.259. The highest BCUT2D eigenvalue weighted by molar-refractivity contribution is 5.11. The first-order valence-corrected chi connectivity index (χ1v) is 6.78. The van der Waals surface area contributed by atoms with Crippen LogP contribution in [0.5, 0.6) is 0 Å². The first kappa shape index (κ1) is 13.4. The summed E-state index contributed by atoms with van der Waals surface area (Å²) in [5, 5.41) is 0. The van der Waals surface area contributed by atoms with Crippen molar-refractivity contribution in [2.24, 2.45) is 5.73 Å². The third kappa shape index (κ3) is 2.87. The van der Waals surface area contributed by atoms with Crippen molar-refractivity contribution in [1.82, 2.24) is 9.97 Å². The van der Waals surface area contributed by atoms with Crippen molar-refractivity contribution < 1.29 is 4.74 Å². The molecule has 0 aliphatic heterocycles. The molecular weight excluding hydrogens is 226 g/mol. The molecule has 100 valence electrons. The Morgan fingerprint density at radius 1 is 1.28 bits per heavy atom. The molecule has 0 bridgehead atoms. The normalized spacial score (nSPS) is 20.6. The molecular formula is C14H23N3O. The van der Waals surface area contributed by atoms with Crippen molar-refractivity contribution in [2.45, 2.75) is 57.1 Å². The summed E-state index contributed by atoms with van der Waals surface area (Å²) in [6.45, 7) is 1.99. The Balaban J connectivity index is 2.16. The smallest absolute Gasteiger partial charge is 0.160 e. The highest BCUT2D eigenvalue weighted by atomic mass is 16.5. The van der Waals surface area contributed by atoms with E-state index < -0.39 is 0 Å². The summed E-state index contributed by atoms with van der Waals surface area (Å²) in [4.78, 5) is 9.01. The van der Waals surface area contributed by atoms with Crippen LogP contribution < -0.4 is 5.73 Å². The van der Waals surface area contributed by atoms with Gasteiger partial charge in [-0.15, -0.1) is 0 Å². The second-order valence-corrected chi connectivity index (χ2v) is 5.36. The number of methoxy groups -OCH3 is 1. The molecule has 0 aromatic carbocycles. The van der Waals surface area contributed by atoms with Crippen LogP contribution in [-0.4, -0.2) is 23.1 Å². The van der Waals surface area contributed by atoms with Gasteiger partial charge in [-0.3, -0.25) is 0 Å². The van der Waals surface area contributed by atoms with E-state index in [-0.39, 0.29) is 11.6 Å². The van der Waals surface area contributed by atoms with Gasteiger partial charge >= 0.3 is 0 Å². The van der Waals surface area contributed by atoms with Gasteiger partial charge in [0.1, 0.15) is 5.60 Å². The second kappa shape index (κ2) is 5.76. The summed E-state index contributed by atoms with van der Waals surface area (Å²) in [7, 11) is 1.77. The average molecular weight is 249 g/mol. The van der Waals surface area contributed by atoms with Crippen LogP contribution in [0.15, 0.2) is 12.4 Å². The molecule has 1 saturated carbocycles. The van der Waals surface area contributed by atoms with Gasteiger partial charge in [0, 0.05) is 25.5 Å². The van der Waals surface area contributed by atoms with E-state index in [9.17, 15) is 0 Å². The van der Waals surface area contributed by atoms with Gasteiger partial charge in [0.05, 0.1) is 0 Å². The van der Waals surface area contributed by atoms with Gasteiger partial charge in [-0.2, -0.15) is 0 Å². The zero-order valence-electron chi connectivity index (χ0n) is 11.4. The zero-order valence-corrected chi connectivity index (χ0v) is 11.4. The van der Waals surface area contributed by atoms with Crippen LogP contribution in [0.3, 0.4) is 0 Å². The highest BCUT2D eigenvalue weighted by Gasteiger charge is 2.36. The molecule has 1 aliphatic carbocycles. The number of aromatic nitrogens is 2. The van der Waals surface area contributed by atoms with Crippen LogP contribution in [-0.2, 0) is 16.8 Å². The number of hydrogen-bond acceptors (Lipinski definition) is 4. The van der Waals surface area contributed by atoms with Crippen molar-refractivity contribution >= 4 is 0 Å². The van der Waals surface area contributed by atoms with Gasteiger partial charge in [0.25, 0.3) is 0 Å². The van der Waals surface area contributed by atoms with Crippen molar-refractivity contribution in [3.8, 4) is 0 Å².